The molecule has 12 aromatic rings. The van der Waals surface area contributed by atoms with Crippen LogP contribution in [-0.2, 0) is 0 Å². The summed E-state index contributed by atoms with van der Waals surface area (Å²) in [7, 11) is 0. The molecule has 0 aliphatic heterocycles. The van der Waals surface area contributed by atoms with Gasteiger partial charge in [-0.1, -0.05) is 140 Å². The molecule has 3 heteroatoms. The number of benzene rings is 9. The molecule has 3 nitrogen and oxygen atoms in total. The Bertz CT molecular complexity index is 3500. The van der Waals surface area contributed by atoms with Gasteiger partial charge in [0.25, 0.3) is 0 Å². The van der Waals surface area contributed by atoms with Gasteiger partial charge in [-0.05, 0) is 89.5 Å². The second kappa shape index (κ2) is 12.5. The molecule has 0 amide bonds. The number of rotatable bonds is 5. The molecule has 57 heavy (non-hydrogen) atoms. The number of nitrogens with zero attached hydrogens (tertiary/aromatic N) is 3. The van der Waals surface area contributed by atoms with Crippen LogP contribution in [0.2, 0.25) is 0 Å². The van der Waals surface area contributed by atoms with E-state index in [0.717, 1.165) is 17.1 Å². The van der Waals surface area contributed by atoms with Crippen LogP contribution in [0.5, 0.6) is 0 Å². The minimum Gasteiger partial charge on any atom is -0.309 e. The number of hydrogen-bond donors (Lipinski definition) is 0. The lowest BCUT2D eigenvalue weighted by Crippen LogP contribution is -1.98. The number of hydrogen-bond acceptors (Lipinski definition) is 0. The van der Waals surface area contributed by atoms with Crippen LogP contribution in [0.3, 0.4) is 0 Å². The van der Waals surface area contributed by atoms with Crippen LogP contribution in [-0.4, -0.2) is 13.7 Å². The van der Waals surface area contributed by atoms with Crippen molar-refractivity contribution in [1.82, 2.24) is 13.7 Å². The summed E-state index contributed by atoms with van der Waals surface area (Å²) in [6.45, 7) is 0. The van der Waals surface area contributed by atoms with E-state index in [9.17, 15) is 0 Å². The van der Waals surface area contributed by atoms with E-state index in [4.69, 9.17) is 0 Å². The van der Waals surface area contributed by atoms with Gasteiger partial charge in [0.15, 0.2) is 0 Å². The maximum absolute atomic E-state index is 2.48. The van der Waals surface area contributed by atoms with E-state index in [0.29, 0.717) is 0 Å². The van der Waals surface area contributed by atoms with Gasteiger partial charge < -0.3 is 13.7 Å². The smallest absolute Gasteiger partial charge is 0.0549 e. The van der Waals surface area contributed by atoms with Crippen LogP contribution in [0.1, 0.15) is 0 Å². The summed E-state index contributed by atoms with van der Waals surface area (Å²) < 4.78 is 7.32. The van der Waals surface area contributed by atoms with Gasteiger partial charge in [0.1, 0.15) is 0 Å². The third kappa shape index (κ3) is 4.73. The molecule has 0 atom stereocenters. The van der Waals surface area contributed by atoms with Crippen molar-refractivity contribution >= 4 is 65.4 Å². The monoisotopic (exact) mass is 725 g/mol. The average Bonchev–Trinajstić information content (AvgIpc) is 3.92. The highest BCUT2D eigenvalue weighted by Crippen LogP contribution is 2.44. The maximum Gasteiger partial charge on any atom is 0.0549 e. The van der Waals surface area contributed by atoms with Crippen molar-refractivity contribution in [3.05, 3.63) is 212 Å². The van der Waals surface area contributed by atoms with Gasteiger partial charge >= 0.3 is 0 Å². The third-order valence-electron chi connectivity index (χ3n) is 11.8. The molecular weight excluding hydrogens is 691 g/mol. The van der Waals surface area contributed by atoms with Gasteiger partial charge in [0.2, 0.25) is 0 Å². The Kier molecular flexibility index (Phi) is 6.93. The molecule has 0 aliphatic carbocycles. The topological polar surface area (TPSA) is 14.8 Å². The minimum absolute atomic E-state index is 1.15. The third-order valence-corrected chi connectivity index (χ3v) is 11.8. The zero-order chi connectivity index (χ0) is 37.5. The Labute approximate surface area is 329 Å². The zero-order valence-electron chi connectivity index (χ0n) is 31.0. The lowest BCUT2D eigenvalue weighted by molar-refractivity contribution is 1.17. The lowest BCUT2D eigenvalue weighted by Gasteiger charge is -2.15. The van der Waals surface area contributed by atoms with E-state index in [2.05, 4.69) is 226 Å². The number of aromatic nitrogens is 3. The highest BCUT2D eigenvalue weighted by molar-refractivity contribution is 6.29. The summed E-state index contributed by atoms with van der Waals surface area (Å²) >= 11 is 0. The van der Waals surface area contributed by atoms with Crippen molar-refractivity contribution in [1.29, 1.82) is 0 Å². The van der Waals surface area contributed by atoms with E-state index in [1.807, 2.05) is 0 Å². The van der Waals surface area contributed by atoms with Crippen molar-refractivity contribution in [2.24, 2.45) is 0 Å². The van der Waals surface area contributed by atoms with E-state index in [-0.39, 0.29) is 0 Å². The summed E-state index contributed by atoms with van der Waals surface area (Å²) in [6.07, 6.45) is 0. The Morgan fingerprint density at radius 1 is 0.246 bits per heavy atom. The first kappa shape index (κ1) is 31.7. The zero-order valence-corrected chi connectivity index (χ0v) is 31.0. The fourth-order valence-corrected chi connectivity index (χ4v) is 9.40. The molecule has 0 N–H and O–H groups in total. The molecule has 3 aromatic heterocycles. The second-order valence-corrected chi connectivity index (χ2v) is 14.9. The van der Waals surface area contributed by atoms with E-state index in [1.165, 1.54) is 87.7 Å². The van der Waals surface area contributed by atoms with Gasteiger partial charge in [-0.2, -0.15) is 0 Å². The van der Waals surface area contributed by atoms with E-state index < -0.39 is 0 Å². The van der Waals surface area contributed by atoms with Gasteiger partial charge in [0, 0.05) is 49.3 Å². The van der Waals surface area contributed by atoms with Crippen LogP contribution < -0.4 is 0 Å². The van der Waals surface area contributed by atoms with Gasteiger partial charge in [-0.15, -0.1) is 0 Å². The summed E-state index contributed by atoms with van der Waals surface area (Å²) in [4.78, 5) is 0. The Hall–Kier alpha value is -7.62. The Morgan fingerprint density at radius 3 is 1.42 bits per heavy atom. The molecule has 0 radical (unpaired) electrons. The first-order chi connectivity index (χ1) is 28.3. The standard InChI is InChI=1S/C54H35N3/c1-4-16-36(17-5-1)37-29-31-49-45(34-37)42-30-28-38(35-52(42)56(49)40-20-8-3-9-21-40)41-22-10-13-25-46(41)57-48-27-15-12-24-44(48)54-51(57)33-32-50-53(54)43-23-11-14-26-47(43)55(50)39-18-6-2-7-19-39/h1-35H. The summed E-state index contributed by atoms with van der Waals surface area (Å²) in [6, 6.07) is 77.3. The van der Waals surface area contributed by atoms with Crippen LogP contribution >= 0.6 is 0 Å². The Morgan fingerprint density at radius 2 is 0.737 bits per heavy atom. The van der Waals surface area contributed by atoms with Crippen molar-refractivity contribution in [2.75, 3.05) is 0 Å². The molecule has 9 aromatic carbocycles. The van der Waals surface area contributed by atoms with E-state index >= 15 is 0 Å². The van der Waals surface area contributed by atoms with Crippen LogP contribution in [0, 0.1) is 0 Å². The van der Waals surface area contributed by atoms with Crippen molar-refractivity contribution in [3.8, 4) is 39.3 Å². The fourth-order valence-electron chi connectivity index (χ4n) is 9.40. The molecule has 0 bridgehead atoms. The fraction of sp³-hybridized carbons (Fsp3) is 0. The first-order valence-corrected chi connectivity index (χ1v) is 19.6. The van der Waals surface area contributed by atoms with Crippen LogP contribution in [0.15, 0.2) is 212 Å². The van der Waals surface area contributed by atoms with Gasteiger partial charge in [-0.3, -0.25) is 0 Å². The molecule has 3 heterocycles. The predicted octanol–water partition coefficient (Wildman–Crippen LogP) is 14.3. The highest BCUT2D eigenvalue weighted by atomic mass is 15.0. The molecule has 12 rings (SSSR count). The molecule has 0 saturated heterocycles. The lowest BCUT2D eigenvalue weighted by atomic mass is 10.00. The minimum atomic E-state index is 1.15. The SMILES string of the molecule is c1ccc(-c2ccc3c(c2)c2ccc(-c4ccccc4-n4c5ccccc5c5c6c7ccccc7n(-c7ccccc7)c6ccc54)cc2n3-c2ccccc2)cc1. The maximum atomic E-state index is 2.48. The Balaban J connectivity index is 1.12. The van der Waals surface area contributed by atoms with Crippen molar-refractivity contribution in [3.63, 3.8) is 0 Å². The quantitative estimate of drug-likeness (QED) is 0.168. The second-order valence-electron chi connectivity index (χ2n) is 14.9. The molecule has 0 spiro atoms. The molecular formula is C54H35N3. The van der Waals surface area contributed by atoms with Gasteiger partial charge in [-0.25, -0.2) is 0 Å². The predicted molar refractivity (Wildman–Crippen MR) is 240 cm³/mol. The number of para-hydroxylation sites is 5. The summed E-state index contributed by atoms with van der Waals surface area (Å²) in [5.41, 5.74) is 15.5. The molecule has 266 valence electrons. The largest absolute Gasteiger partial charge is 0.309 e. The molecule has 0 fully saturated rings. The summed E-state index contributed by atoms with van der Waals surface area (Å²) in [5, 5.41) is 7.55. The van der Waals surface area contributed by atoms with Crippen molar-refractivity contribution < 1.29 is 0 Å². The molecule has 0 aliphatic rings. The average molecular weight is 726 g/mol. The molecule has 0 unspecified atom stereocenters. The summed E-state index contributed by atoms with van der Waals surface area (Å²) in [5.74, 6) is 0. The van der Waals surface area contributed by atoms with Crippen molar-refractivity contribution in [2.45, 2.75) is 0 Å². The van der Waals surface area contributed by atoms with E-state index in [1.54, 1.807) is 0 Å². The highest BCUT2D eigenvalue weighted by Gasteiger charge is 2.22. The first-order valence-electron chi connectivity index (χ1n) is 19.6. The number of fused-ring (bicyclic) bond motifs is 10. The normalized spacial score (nSPS) is 11.9. The van der Waals surface area contributed by atoms with Gasteiger partial charge in [0.05, 0.1) is 38.8 Å². The van der Waals surface area contributed by atoms with Crippen LogP contribution in [0.4, 0.5) is 0 Å². The molecule has 0 saturated carbocycles. The van der Waals surface area contributed by atoms with Crippen LogP contribution in [0.25, 0.3) is 105 Å².